The van der Waals surface area contributed by atoms with Gasteiger partial charge in [0.15, 0.2) is 5.76 Å². The highest BCUT2D eigenvalue weighted by molar-refractivity contribution is 7.17. The van der Waals surface area contributed by atoms with E-state index < -0.39 is 30.7 Å². The first kappa shape index (κ1) is 23.8. The first-order valence-electron chi connectivity index (χ1n) is 10.4. The molecule has 14 heteroatoms. The number of methoxy groups -OCH3 is 1. The van der Waals surface area contributed by atoms with Crippen LogP contribution in [0.15, 0.2) is 27.5 Å². The molecule has 0 unspecified atom stereocenters. The molecule has 3 heterocycles. The van der Waals surface area contributed by atoms with Gasteiger partial charge in [0.2, 0.25) is 16.0 Å². The van der Waals surface area contributed by atoms with E-state index in [9.17, 15) is 18.4 Å². The van der Waals surface area contributed by atoms with E-state index in [1.165, 1.54) is 13.2 Å². The van der Waals surface area contributed by atoms with Crippen molar-refractivity contribution in [3.63, 3.8) is 0 Å². The van der Waals surface area contributed by atoms with Gasteiger partial charge >= 0.3 is 5.63 Å². The Hall–Kier alpha value is -3.39. The zero-order valence-corrected chi connectivity index (χ0v) is 19.1. The van der Waals surface area contributed by atoms with Gasteiger partial charge in [-0.3, -0.25) is 10.1 Å². The van der Waals surface area contributed by atoms with Crippen LogP contribution in [0, 0.1) is 6.92 Å². The summed E-state index contributed by atoms with van der Waals surface area (Å²) < 4.78 is 42.2. The summed E-state index contributed by atoms with van der Waals surface area (Å²) in [4.78, 5) is 25.2. The van der Waals surface area contributed by atoms with Crippen molar-refractivity contribution in [3.05, 3.63) is 40.2 Å². The normalized spacial score (nSPS) is 17.8. The highest BCUT2D eigenvalue weighted by Crippen LogP contribution is 2.30. The van der Waals surface area contributed by atoms with Gasteiger partial charge in [-0.15, -0.1) is 10.2 Å². The Morgan fingerprint density at radius 1 is 1.38 bits per heavy atom. The van der Waals surface area contributed by atoms with Gasteiger partial charge in [0.25, 0.3) is 12.3 Å². The summed E-state index contributed by atoms with van der Waals surface area (Å²) in [7, 11) is 1.29. The van der Waals surface area contributed by atoms with Crippen molar-refractivity contribution < 1.29 is 27.5 Å². The fraction of sp³-hybridized carbons (Fsp3) is 0.450. The molecule has 11 nitrogen and oxygen atoms in total. The number of amides is 1. The fourth-order valence-electron chi connectivity index (χ4n) is 3.66. The molecule has 34 heavy (non-hydrogen) atoms. The maximum absolute atomic E-state index is 12.8. The summed E-state index contributed by atoms with van der Waals surface area (Å²) in [6.07, 6.45) is 0.568. The molecular formula is C20H22F2N6O5S. The van der Waals surface area contributed by atoms with E-state index in [0.29, 0.717) is 18.0 Å². The van der Waals surface area contributed by atoms with Crippen LogP contribution < -0.4 is 21.0 Å². The topological polar surface area (TPSA) is 133 Å². The fourth-order valence-corrected chi connectivity index (χ4v) is 4.42. The minimum absolute atomic E-state index is 0.136. The molecule has 4 rings (SSSR count). The van der Waals surface area contributed by atoms with Crippen LogP contribution in [0.2, 0.25) is 0 Å². The number of alkyl halides is 2. The molecular weight excluding hydrogens is 474 g/mol. The lowest BCUT2D eigenvalue weighted by Gasteiger charge is -2.23. The molecule has 1 fully saturated rings. The number of carbonyl (C=O) groups is 1. The van der Waals surface area contributed by atoms with E-state index in [1.807, 2.05) is 6.92 Å². The lowest BCUT2D eigenvalue weighted by Crippen LogP contribution is -2.32. The van der Waals surface area contributed by atoms with Crippen molar-refractivity contribution in [3.8, 4) is 10.9 Å². The van der Waals surface area contributed by atoms with Crippen LogP contribution in [-0.4, -0.2) is 58.2 Å². The predicted octanol–water partition coefficient (Wildman–Crippen LogP) is 2.86. The molecule has 3 aromatic rings. The second-order valence-electron chi connectivity index (χ2n) is 7.52. The van der Waals surface area contributed by atoms with Gasteiger partial charge in [0, 0.05) is 18.0 Å². The molecule has 0 aliphatic heterocycles. The number of ether oxygens (including phenoxy) is 2. The van der Waals surface area contributed by atoms with Gasteiger partial charge in [0.1, 0.15) is 6.61 Å². The number of hydrogen-bond acceptors (Lipinski definition) is 10. The first-order valence-corrected chi connectivity index (χ1v) is 11.2. The number of aromatic nitrogens is 4. The average Bonchev–Trinajstić information content (AvgIpc) is 3.53. The Bertz CT molecular complexity index is 1210. The molecule has 0 bridgehead atoms. The summed E-state index contributed by atoms with van der Waals surface area (Å²) in [6, 6.07) is 2.78. The highest BCUT2D eigenvalue weighted by atomic mass is 32.1. The first-order chi connectivity index (χ1) is 16.4. The second-order valence-corrected chi connectivity index (χ2v) is 8.47. The number of aryl methyl sites for hydroxylation is 1. The standard InChI is InChI=1S/C20H22F2N6O5S/c1-10-6-7-23-28(10)20-27-26-19(34-20)25-17(29)14-8-12(16(31-2)18(30)33-14)24-11-4-3-5-13(11)32-9-15(21)22/h6-8,11,13,15,24H,3-5,9H2,1-2H3,(H,25,26,29)/t11-,13+/m1/s1. The molecule has 2 atom stereocenters. The highest BCUT2D eigenvalue weighted by Gasteiger charge is 2.30. The van der Waals surface area contributed by atoms with Gasteiger partial charge < -0.3 is 19.2 Å². The Morgan fingerprint density at radius 2 is 2.21 bits per heavy atom. The van der Waals surface area contributed by atoms with Crippen molar-refractivity contribution in [2.45, 2.75) is 44.8 Å². The van der Waals surface area contributed by atoms with Gasteiger partial charge in [-0.1, -0.05) is 11.3 Å². The van der Waals surface area contributed by atoms with E-state index in [1.54, 1.807) is 16.9 Å². The van der Waals surface area contributed by atoms with E-state index in [2.05, 4.69) is 25.9 Å². The van der Waals surface area contributed by atoms with Gasteiger partial charge in [-0.2, -0.15) is 5.10 Å². The molecule has 3 aromatic heterocycles. The zero-order valence-electron chi connectivity index (χ0n) is 18.3. The van der Waals surface area contributed by atoms with Crippen molar-refractivity contribution in [2.24, 2.45) is 0 Å². The van der Waals surface area contributed by atoms with Crippen molar-refractivity contribution in [1.82, 2.24) is 20.0 Å². The van der Waals surface area contributed by atoms with Crippen LogP contribution in [0.3, 0.4) is 0 Å². The number of rotatable bonds is 9. The number of halogens is 2. The van der Waals surface area contributed by atoms with E-state index in [4.69, 9.17) is 13.9 Å². The lowest BCUT2D eigenvalue weighted by molar-refractivity contribution is -0.0242. The number of nitrogens with one attached hydrogen (secondary N) is 2. The molecule has 1 aliphatic carbocycles. The smallest absolute Gasteiger partial charge is 0.381 e. The van der Waals surface area contributed by atoms with E-state index >= 15 is 0 Å². The summed E-state index contributed by atoms with van der Waals surface area (Å²) >= 11 is 1.09. The molecule has 0 saturated heterocycles. The quantitative estimate of drug-likeness (QED) is 0.459. The second kappa shape index (κ2) is 10.3. The Morgan fingerprint density at radius 3 is 2.91 bits per heavy atom. The van der Waals surface area contributed by atoms with Crippen LogP contribution in [0.5, 0.6) is 5.75 Å². The monoisotopic (exact) mass is 496 g/mol. The molecule has 1 saturated carbocycles. The van der Waals surface area contributed by atoms with Crippen molar-refractivity contribution in [2.75, 3.05) is 24.4 Å². The molecule has 0 aromatic carbocycles. The average molecular weight is 496 g/mol. The van der Waals surface area contributed by atoms with E-state index in [-0.39, 0.29) is 28.4 Å². The van der Waals surface area contributed by atoms with Gasteiger partial charge in [-0.05, 0) is 32.3 Å². The Balaban J connectivity index is 1.52. The molecule has 2 N–H and O–H groups in total. The van der Waals surface area contributed by atoms with Gasteiger partial charge in [-0.25, -0.2) is 18.3 Å². The minimum Gasteiger partial charge on any atom is -0.488 e. The third-order valence-electron chi connectivity index (χ3n) is 5.21. The van der Waals surface area contributed by atoms with Crippen LogP contribution in [0.4, 0.5) is 19.6 Å². The minimum atomic E-state index is -2.58. The van der Waals surface area contributed by atoms with Crippen molar-refractivity contribution >= 4 is 28.1 Å². The third-order valence-corrected chi connectivity index (χ3v) is 6.03. The summed E-state index contributed by atoms with van der Waals surface area (Å²) in [6.45, 7) is 1.17. The lowest BCUT2D eigenvalue weighted by atomic mass is 10.2. The zero-order chi connectivity index (χ0) is 24.2. The molecule has 0 radical (unpaired) electrons. The van der Waals surface area contributed by atoms with Gasteiger partial charge in [0.05, 0.1) is 24.9 Å². The van der Waals surface area contributed by atoms with Crippen LogP contribution in [-0.2, 0) is 4.74 Å². The molecule has 0 spiro atoms. The molecule has 182 valence electrons. The third kappa shape index (κ3) is 5.22. The molecule has 1 amide bonds. The summed E-state index contributed by atoms with van der Waals surface area (Å²) in [5.41, 5.74) is 0.172. The maximum atomic E-state index is 12.8. The van der Waals surface area contributed by atoms with Crippen molar-refractivity contribution in [1.29, 1.82) is 0 Å². The van der Waals surface area contributed by atoms with Crippen LogP contribution in [0.25, 0.3) is 5.13 Å². The number of carbonyl (C=O) groups excluding carboxylic acids is 1. The predicted molar refractivity (Wildman–Crippen MR) is 118 cm³/mol. The summed E-state index contributed by atoms with van der Waals surface area (Å²) in [5, 5.41) is 18.3. The van der Waals surface area contributed by atoms with E-state index in [0.717, 1.165) is 23.5 Å². The largest absolute Gasteiger partial charge is 0.488 e. The van der Waals surface area contributed by atoms with Crippen LogP contribution >= 0.6 is 11.3 Å². The number of hydrogen-bond donors (Lipinski definition) is 2. The maximum Gasteiger partial charge on any atom is 0.381 e. The Labute approximate surface area is 196 Å². The van der Waals surface area contributed by atoms with Crippen LogP contribution in [0.1, 0.15) is 35.5 Å². The Kier molecular flexibility index (Phi) is 7.17. The number of anilines is 2. The number of nitrogens with zero attached hydrogens (tertiary/aromatic N) is 4. The SMILES string of the molecule is COc1c(N[C@@H]2CCC[C@@H]2OCC(F)F)cc(C(=O)Nc2nnc(-n3nccc3C)s2)oc1=O. The molecule has 1 aliphatic rings. The summed E-state index contributed by atoms with van der Waals surface area (Å²) in [5.74, 6) is -1.15.